The van der Waals surface area contributed by atoms with Gasteiger partial charge in [-0.1, -0.05) is 11.6 Å². The van der Waals surface area contributed by atoms with Crippen LogP contribution in [0.2, 0.25) is 5.02 Å². The number of pyridine rings is 1. The molecule has 1 aromatic heterocycles. The molecule has 19 heavy (non-hydrogen) atoms. The predicted octanol–water partition coefficient (Wildman–Crippen LogP) is 1.89. The molecule has 0 spiro atoms. The Morgan fingerprint density at radius 3 is 3.11 bits per heavy atom. The number of likely N-dealkylation sites (tertiary alicyclic amines) is 1. The summed E-state index contributed by atoms with van der Waals surface area (Å²) in [5.74, 6) is 0.496. The van der Waals surface area contributed by atoms with E-state index in [2.05, 4.69) is 26.2 Å². The molecule has 1 atom stereocenters. The molecule has 0 saturated carbocycles. The number of rotatable bonds is 4. The van der Waals surface area contributed by atoms with Gasteiger partial charge in [0.1, 0.15) is 11.9 Å². The number of amides is 1. The van der Waals surface area contributed by atoms with Crippen LogP contribution in [0.1, 0.15) is 12.8 Å². The Morgan fingerprint density at radius 2 is 2.42 bits per heavy atom. The average molecular weight is 349 g/mol. The van der Waals surface area contributed by atoms with Crippen molar-refractivity contribution in [3.05, 3.63) is 21.8 Å². The third-order valence-electron chi connectivity index (χ3n) is 3.02. The number of hydrogen-bond acceptors (Lipinski definition) is 4. The average Bonchev–Trinajstić information content (AvgIpc) is 2.37. The molecular weight excluding hydrogens is 334 g/mol. The SMILES string of the molecule is O=C1[C@H](Nc2ncc(Br)cc2Cl)CCCN1CCO. The van der Waals surface area contributed by atoms with Gasteiger partial charge in [0.05, 0.1) is 11.6 Å². The Balaban J connectivity index is 2.07. The lowest BCUT2D eigenvalue weighted by atomic mass is 10.0. The van der Waals surface area contributed by atoms with Gasteiger partial charge in [0, 0.05) is 23.8 Å². The van der Waals surface area contributed by atoms with Crippen molar-refractivity contribution >= 4 is 39.3 Å². The van der Waals surface area contributed by atoms with Gasteiger partial charge in [-0.3, -0.25) is 4.79 Å². The molecular formula is C12H15BrClN3O2. The quantitative estimate of drug-likeness (QED) is 0.872. The Morgan fingerprint density at radius 1 is 1.63 bits per heavy atom. The lowest BCUT2D eigenvalue weighted by Gasteiger charge is -2.32. The first-order chi connectivity index (χ1) is 9.11. The van der Waals surface area contributed by atoms with E-state index in [9.17, 15) is 4.79 Å². The number of aromatic nitrogens is 1. The molecule has 1 aliphatic rings. The minimum absolute atomic E-state index is 0.0129. The molecule has 1 aromatic rings. The molecule has 1 amide bonds. The molecule has 0 unspecified atom stereocenters. The third-order valence-corrected chi connectivity index (χ3v) is 3.74. The molecule has 5 nitrogen and oxygen atoms in total. The van der Waals surface area contributed by atoms with E-state index in [-0.39, 0.29) is 18.6 Å². The molecule has 1 saturated heterocycles. The highest BCUT2D eigenvalue weighted by molar-refractivity contribution is 9.10. The van der Waals surface area contributed by atoms with Crippen LogP contribution in [0.4, 0.5) is 5.82 Å². The van der Waals surface area contributed by atoms with Crippen LogP contribution in [0.5, 0.6) is 0 Å². The van der Waals surface area contributed by atoms with Crippen LogP contribution in [-0.2, 0) is 4.79 Å². The number of carbonyl (C=O) groups excluding carboxylic acids is 1. The molecule has 0 aliphatic carbocycles. The summed E-state index contributed by atoms with van der Waals surface area (Å²) in [4.78, 5) is 18.0. The van der Waals surface area contributed by atoms with Gasteiger partial charge >= 0.3 is 0 Å². The fraction of sp³-hybridized carbons (Fsp3) is 0.500. The van der Waals surface area contributed by atoms with E-state index in [1.807, 2.05) is 0 Å². The summed E-state index contributed by atoms with van der Waals surface area (Å²) < 4.78 is 0.792. The second kappa shape index (κ2) is 6.54. The Labute approximate surface area is 125 Å². The highest BCUT2D eigenvalue weighted by Gasteiger charge is 2.28. The zero-order valence-corrected chi connectivity index (χ0v) is 12.6. The number of anilines is 1. The lowest BCUT2D eigenvalue weighted by Crippen LogP contribution is -2.48. The van der Waals surface area contributed by atoms with Gasteiger partial charge in [0.25, 0.3) is 0 Å². The molecule has 104 valence electrons. The van der Waals surface area contributed by atoms with E-state index < -0.39 is 0 Å². The number of halogens is 2. The van der Waals surface area contributed by atoms with Crippen molar-refractivity contribution in [1.29, 1.82) is 0 Å². The first kappa shape index (κ1) is 14.6. The van der Waals surface area contributed by atoms with Crippen molar-refractivity contribution in [2.24, 2.45) is 0 Å². The Bertz CT molecular complexity index is 470. The van der Waals surface area contributed by atoms with Crippen molar-refractivity contribution in [1.82, 2.24) is 9.88 Å². The van der Waals surface area contributed by atoms with E-state index in [1.165, 1.54) is 0 Å². The number of hydrogen-bond donors (Lipinski definition) is 2. The first-order valence-corrected chi connectivity index (χ1v) is 7.26. The topological polar surface area (TPSA) is 65.5 Å². The van der Waals surface area contributed by atoms with Gasteiger partial charge in [-0.25, -0.2) is 4.98 Å². The summed E-state index contributed by atoms with van der Waals surface area (Å²) in [6.45, 7) is 1.05. The molecule has 0 radical (unpaired) electrons. The third kappa shape index (κ3) is 3.58. The Kier molecular flexibility index (Phi) is 5.01. The normalized spacial score (nSPS) is 19.6. The second-order valence-corrected chi connectivity index (χ2v) is 5.69. The highest BCUT2D eigenvalue weighted by atomic mass is 79.9. The van der Waals surface area contributed by atoms with Crippen molar-refractivity contribution in [2.45, 2.75) is 18.9 Å². The number of aliphatic hydroxyl groups is 1. The zero-order chi connectivity index (χ0) is 13.8. The van der Waals surface area contributed by atoms with Gasteiger partial charge < -0.3 is 15.3 Å². The Hall–Kier alpha value is -0.850. The van der Waals surface area contributed by atoms with Gasteiger partial charge in [0.2, 0.25) is 5.91 Å². The molecule has 1 fully saturated rings. The van der Waals surface area contributed by atoms with Gasteiger partial charge in [0.15, 0.2) is 0 Å². The minimum atomic E-state index is -0.327. The van der Waals surface area contributed by atoms with Crippen molar-refractivity contribution < 1.29 is 9.90 Å². The summed E-state index contributed by atoms with van der Waals surface area (Å²) in [6, 6.07) is 1.40. The second-order valence-electron chi connectivity index (χ2n) is 4.37. The zero-order valence-electron chi connectivity index (χ0n) is 10.3. The van der Waals surface area contributed by atoms with E-state index in [0.717, 1.165) is 17.3 Å². The smallest absolute Gasteiger partial charge is 0.245 e. The number of piperidine rings is 1. The molecule has 2 rings (SSSR count). The monoisotopic (exact) mass is 347 g/mol. The fourth-order valence-corrected chi connectivity index (χ4v) is 2.79. The summed E-state index contributed by atoms with van der Waals surface area (Å²) in [7, 11) is 0. The molecule has 2 N–H and O–H groups in total. The van der Waals surface area contributed by atoms with Crippen LogP contribution >= 0.6 is 27.5 Å². The van der Waals surface area contributed by atoms with Gasteiger partial charge in [-0.15, -0.1) is 0 Å². The number of carbonyl (C=O) groups is 1. The molecule has 0 bridgehead atoms. The largest absolute Gasteiger partial charge is 0.395 e. The minimum Gasteiger partial charge on any atom is -0.395 e. The van der Waals surface area contributed by atoms with Crippen molar-refractivity contribution in [3.8, 4) is 0 Å². The summed E-state index contributed by atoms with van der Waals surface area (Å²) in [5.41, 5.74) is 0. The van der Waals surface area contributed by atoms with E-state index in [0.29, 0.717) is 23.9 Å². The summed E-state index contributed by atoms with van der Waals surface area (Å²) >= 11 is 9.36. The predicted molar refractivity (Wildman–Crippen MR) is 77.3 cm³/mol. The number of nitrogens with one attached hydrogen (secondary N) is 1. The molecule has 0 aromatic carbocycles. The first-order valence-electron chi connectivity index (χ1n) is 6.09. The maximum atomic E-state index is 12.2. The van der Waals surface area contributed by atoms with Crippen LogP contribution in [0.3, 0.4) is 0 Å². The van der Waals surface area contributed by atoms with Crippen LogP contribution < -0.4 is 5.32 Å². The van der Waals surface area contributed by atoms with E-state index >= 15 is 0 Å². The maximum absolute atomic E-state index is 12.2. The number of β-amino-alcohol motifs (C(OH)–C–C–N with tert-alkyl or cyclic N) is 1. The van der Waals surface area contributed by atoms with Gasteiger partial charge in [-0.2, -0.15) is 0 Å². The van der Waals surface area contributed by atoms with Crippen molar-refractivity contribution in [3.63, 3.8) is 0 Å². The van der Waals surface area contributed by atoms with E-state index in [4.69, 9.17) is 16.7 Å². The lowest BCUT2D eigenvalue weighted by molar-refractivity contribution is -0.134. The summed E-state index contributed by atoms with van der Waals surface area (Å²) in [6.07, 6.45) is 3.28. The van der Waals surface area contributed by atoms with Crippen molar-refractivity contribution in [2.75, 3.05) is 25.0 Å². The van der Waals surface area contributed by atoms with Crippen LogP contribution in [0.15, 0.2) is 16.7 Å². The van der Waals surface area contributed by atoms with Crippen LogP contribution in [-0.4, -0.2) is 46.6 Å². The standard InChI is InChI=1S/C12H15BrClN3O2/c13-8-6-9(14)11(15-7-8)16-10-2-1-3-17(4-5-18)12(10)19/h6-7,10,18H,1-5H2,(H,15,16)/t10-/m1/s1. The number of aliphatic hydroxyl groups excluding tert-OH is 1. The highest BCUT2D eigenvalue weighted by Crippen LogP contribution is 2.25. The molecule has 7 heteroatoms. The number of nitrogens with zero attached hydrogens (tertiary/aromatic N) is 2. The van der Waals surface area contributed by atoms with Crippen LogP contribution in [0.25, 0.3) is 0 Å². The molecule has 1 aliphatic heterocycles. The van der Waals surface area contributed by atoms with Crippen LogP contribution in [0, 0.1) is 0 Å². The molecule has 2 heterocycles. The maximum Gasteiger partial charge on any atom is 0.245 e. The summed E-state index contributed by atoms with van der Waals surface area (Å²) in [5, 5.41) is 12.5. The fourth-order valence-electron chi connectivity index (χ4n) is 2.10. The van der Waals surface area contributed by atoms with E-state index in [1.54, 1.807) is 17.2 Å². The van der Waals surface area contributed by atoms with Gasteiger partial charge in [-0.05, 0) is 34.8 Å².